The van der Waals surface area contributed by atoms with Crippen LogP contribution in [0.3, 0.4) is 0 Å². The standard InChI is InChI=1S/C14H15F3N2OS/c1-7(2)6-19-13(20)12-11(18)9-5-8(14(15,16)17)3-4-10(9)21-12/h3-5,7H,6,18H2,1-2H3,(H,19,20). The molecule has 1 heterocycles. The van der Waals surface area contributed by atoms with Crippen LogP contribution in [0.15, 0.2) is 18.2 Å². The summed E-state index contributed by atoms with van der Waals surface area (Å²) in [7, 11) is 0. The van der Waals surface area contributed by atoms with Crippen LogP contribution in [0.2, 0.25) is 0 Å². The molecule has 3 nitrogen and oxygen atoms in total. The van der Waals surface area contributed by atoms with Gasteiger partial charge in [-0.1, -0.05) is 13.8 Å². The zero-order valence-electron chi connectivity index (χ0n) is 11.5. The number of thiophene rings is 1. The van der Waals surface area contributed by atoms with Crippen LogP contribution in [0.1, 0.15) is 29.1 Å². The first-order valence-corrected chi connectivity index (χ1v) is 7.19. The zero-order chi connectivity index (χ0) is 15.8. The van der Waals surface area contributed by atoms with Gasteiger partial charge in [-0.05, 0) is 24.1 Å². The Bertz CT molecular complexity index is 677. The highest BCUT2D eigenvalue weighted by Crippen LogP contribution is 2.38. The van der Waals surface area contributed by atoms with Gasteiger partial charge in [0.1, 0.15) is 4.88 Å². The number of benzene rings is 1. The van der Waals surface area contributed by atoms with E-state index in [9.17, 15) is 18.0 Å². The molecular weight excluding hydrogens is 301 g/mol. The van der Waals surface area contributed by atoms with Gasteiger partial charge in [-0.15, -0.1) is 11.3 Å². The molecule has 0 unspecified atom stereocenters. The van der Waals surface area contributed by atoms with Crippen molar-refractivity contribution in [2.45, 2.75) is 20.0 Å². The normalized spacial score (nSPS) is 12.1. The number of nitrogens with two attached hydrogens (primary N) is 1. The lowest BCUT2D eigenvalue weighted by molar-refractivity contribution is -0.137. The Balaban J connectivity index is 2.39. The second-order valence-corrected chi connectivity index (χ2v) is 6.21. The minimum Gasteiger partial charge on any atom is -0.397 e. The Morgan fingerprint density at radius 1 is 1.38 bits per heavy atom. The molecule has 0 aliphatic rings. The van der Waals surface area contributed by atoms with Crippen LogP contribution in [0.25, 0.3) is 10.1 Å². The minimum absolute atomic E-state index is 0.0994. The number of amides is 1. The number of alkyl halides is 3. The monoisotopic (exact) mass is 316 g/mol. The fourth-order valence-corrected chi connectivity index (χ4v) is 2.86. The Morgan fingerprint density at radius 2 is 2.05 bits per heavy atom. The van der Waals surface area contributed by atoms with Gasteiger partial charge in [0.15, 0.2) is 0 Å². The van der Waals surface area contributed by atoms with Crippen LogP contribution in [-0.2, 0) is 6.18 Å². The maximum atomic E-state index is 12.7. The van der Waals surface area contributed by atoms with E-state index >= 15 is 0 Å². The van der Waals surface area contributed by atoms with Gasteiger partial charge in [-0.25, -0.2) is 0 Å². The molecule has 21 heavy (non-hydrogen) atoms. The predicted molar refractivity (Wildman–Crippen MR) is 78.4 cm³/mol. The molecule has 114 valence electrons. The van der Waals surface area contributed by atoms with E-state index in [4.69, 9.17) is 5.73 Å². The molecule has 0 radical (unpaired) electrons. The maximum absolute atomic E-state index is 12.7. The van der Waals surface area contributed by atoms with Gasteiger partial charge in [0, 0.05) is 16.6 Å². The summed E-state index contributed by atoms with van der Waals surface area (Å²) in [5, 5.41) is 2.98. The van der Waals surface area contributed by atoms with Gasteiger partial charge in [-0.3, -0.25) is 4.79 Å². The van der Waals surface area contributed by atoms with Crippen LogP contribution < -0.4 is 11.1 Å². The van der Waals surface area contributed by atoms with E-state index in [-0.39, 0.29) is 27.8 Å². The van der Waals surface area contributed by atoms with Crippen LogP contribution in [0.4, 0.5) is 18.9 Å². The molecule has 0 spiro atoms. The number of carbonyl (C=O) groups excluding carboxylic acids is 1. The Hall–Kier alpha value is -1.76. The number of hydrogen-bond acceptors (Lipinski definition) is 3. The first-order chi connectivity index (χ1) is 9.70. The largest absolute Gasteiger partial charge is 0.416 e. The number of fused-ring (bicyclic) bond motifs is 1. The lowest BCUT2D eigenvalue weighted by Gasteiger charge is -2.07. The molecule has 0 atom stereocenters. The van der Waals surface area contributed by atoms with E-state index in [0.29, 0.717) is 11.2 Å². The Kier molecular flexibility index (Phi) is 4.13. The van der Waals surface area contributed by atoms with Crippen molar-refractivity contribution in [3.63, 3.8) is 0 Å². The first kappa shape index (κ1) is 15.6. The molecule has 2 rings (SSSR count). The van der Waals surface area contributed by atoms with E-state index in [1.807, 2.05) is 13.8 Å². The second-order valence-electron chi connectivity index (χ2n) is 5.16. The smallest absolute Gasteiger partial charge is 0.397 e. The van der Waals surface area contributed by atoms with Crippen LogP contribution in [-0.4, -0.2) is 12.5 Å². The summed E-state index contributed by atoms with van der Waals surface area (Å²) in [5.41, 5.74) is 5.17. The van der Waals surface area contributed by atoms with Gasteiger partial charge in [-0.2, -0.15) is 13.2 Å². The summed E-state index contributed by atoms with van der Waals surface area (Å²) in [5.74, 6) is -0.0719. The summed E-state index contributed by atoms with van der Waals surface area (Å²) >= 11 is 1.10. The molecule has 0 saturated carbocycles. The highest BCUT2D eigenvalue weighted by molar-refractivity contribution is 7.21. The number of anilines is 1. The predicted octanol–water partition coefficient (Wildman–Crippen LogP) is 3.89. The number of halogens is 3. The SMILES string of the molecule is CC(C)CNC(=O)c1sc2ccc(C(F)(F)F)cc2c1N. The number of nitrogens with one attached hydrogen (secondary N) is 1. The van der Waals surface area contributed by atoms with Crippen molar-refractivity contribution in [2.24, 2.45) is 5.92 Å². The molecule has 0 bridgehead atoms. The van der Waals surface area contributed by atoms with Crippen LogP contribution in [0.5, 0.6) is 0 Å². The summed E-state index contributed by atoms with van der Waals surface area (Å²) in [6.45, 7) is 4.38. The summed E-state index contributed by atoms with van der Waals surface area (Å²) < 4.78 is 38.7. The van der Waals surface area contributed by atoms with Crippen LogP contribution in [0, 0.1) is 5.92 Å². The molecule has 2 aromatic rings. The highest BCUT2D eigenvalue weighted by Gasteiger charge is 2.31. The van der Waals surface area contributed by atoms with Crippen molar-refractivity contribution in [2.75, 3.05) is 12.3 Å². The molecule has 3 N–H and O–H groups in total. The highest BCUT2D eigenvalue weighted by atomic mass is 32.1. The molecule has 0 saturated heterocycles. The number of hydrogen-bond donors (Lipinski definition) is 2. The number of carbonyl (C=O) groups is 1. The second kappa shape index (κ2) is 5.55. The van der Waals surface area contributed by atoms with Gasteiger partial charge in [0.2, 0.25) is 0 Å². The van der Waals surface area contributed by atoms with Gasteiger partial charge in [0.05, 0.1) is 11.3 Å². The van der Waals surface area contributed by atoms with E-state index < -0.39 is 11.7 Å². The third-order valence-corrected chi connectivity index (χ3v) is 4.12. The van der Waals surface area contributed by atoms with E-state index in [2.05, 4.69) is 5.32 Å². The third-order valence-electron chi connectivity index (χ3n) is 2.93. The van der Waals surface area contributed by atoms with Crippen molar-refractivity contribution in [3.8, 4) is 0 Å². The molecule has 1 amide bonds. The molecule has 1 aromatic carbocycles. The summed E-state index contributed by atoms with van der Waals surface area (Å²) in [4.78, 5) is 12.3. The maximum Gasteiger partial charge on any atom is 0.416 e. The fourth-order valence-electron chi connectivity index (χ4n) is 1.84. The van der Waals surface area contributed by atoms with E-state index in [0.717, 1.165) is 23.5 Å². The molecule has 0 fully saturated rings. The molecule has 0 aliphatic heterocycles. The topological polar surface area (TPSA) is 55.1 Å². The third kappa shape index (κ3) is 3.29. The van der Waals surface area contributed by atoms with E-state index in [1.165, 1.54) is 6.07 Å². The van der Waals surface area contributed by atoms with Crippen molar-refractivity contribution >= 4 is 33.0 Å². The fraction of sp³-hybridized carbons (Fsp3) is 0.357. The van der Waals surface area contributed by atoms with Gasteiger partial charge in [0.25, 0.3) is 5.91 Å². The van der Waals surface area contributed by atoms with Crippen molar-refractivity contribution in [3.05, 3.63) is 28.6 Å². The Morgan fingerprint density at radius 3 is 2.62 bits per heavy atom. The quantitative estimate of drug-likeness (QED) is 0.902. The van der Waals surface area contributed by atoms with E-state index in [1.54, 1.807) is 0 Å². The molecule has 7 heteroatoms. The zero-order valence-corrected chi connectivity index (χ0v) is 12.4. The summed E-state index contributed by atoms with van der Waals surface area (Å²) in [6, 6.07) is 3.33. The number of rotatable bonds is 3. The first-order valence-electron chi connectivity index (χ1n) is 6.37. The number of nitrogen functional groups attached to an aromatic ring is 1. The average molecular weight is 316 g/mol. The molecule has 1 aromatic heterocycles. The average Bonchev–Trinajstić information content (AvgIpc) is 2.72. The summed E-state index contributed by atoms with van der Waals surface area (Å²) in [6.07, 6.45) is -4.43. The van der Waals surface area contributed by atoms with Crippen molar-refractivity contribution in [1.29, 1.82) is 0 Å². The lowest BCUT2D eigenvalue weighted by Crippen LogP contribution is -2.27. The minimum atomic E-state index is -4.43. The van der Waals surface area contributed by atoms with Crippen molar-refractivity contribution < 1.29 is 18.0 Å². The Labute approximate surface area is 123 Å². The van der Waals surface area contributed by atoms with Gasteiger partial charge < -0.3 is 11.1 Å². The van der Waals surface area contributed by atoms with Crippen LogP contribution >= 0.6 is 11.3 Å². The van der Waals surface area contributed by atoms with Crippen molar-refractivity contribution in [1.82, 2.24) is 5.32 Å². The molecule has 0 aliphatic carbocycles. The van der Waals surface area contributed by atoms with Gasteiger partial charge >= 0.3 is 6.18 Å². The lowest BCUT2D eigenvalue weighted by atomic mass is 10.1. The molecular formula is C14H15F3N2OS.